The first-order chi connectivity index (χ1) is 11.1. The molecule has 8 heteroatoms. The molecule has 2 aromatic rings. The lowest BCUT2D eigenvalue weighted by molar-refractivity contribution is -0.119. The van der Waals surface area contributed by atoms with Gasteiger partial charge in [0.25, 0.3) is 0 Å². The Balaban J connectivity index is 2.25. The van der Waals surface area contributed by atoms with Crippen LogP contribution in [0.2, 0.25) is 0 Å². The van der Waals surface area contributed by atoms with Crippen LogP contribution in [0.3, 0.4) is 0 Å². The van der Waals surface area contributed by atoms with E-state index in [1.54, 1.807) is 11.8 Å². The maximum atomic E-state index is 12.1. The topological polar surface area (TPSA) is 118 Å². The van der Waals surface area contributed by atoms with Crippen LogP contribution in [0.25, 0.3) is 0 Å². The summed E-state index contributed by atoms with van der Waals surface area (Å²) in [6.45, 7) is 0. The van der Waals surface area contributed by atoms with Crippen LogP contribution in [-0.4, -0.2) is 32.7 Å². The fraction of sp³-hybridized carbons (Fsp3) is 0.267. The van der Waals surface area contributed by atoms with Crippen molar-refractivity contribution in [3.8, 4) is 6.07 Å². The number of hydrogen-bond donors (Lipinski definition) is 2. The quantitative estimate of drug-likeness (QED) is 0.793. The first-order valence-corrected chi connectivity index (χ1v) is 8.28. The molecule has 118 valence electrons. The van der Waals surface area contributed by atoms with E-state index < -0.39 is 5.92 Å². The van der Waals surface area contributed by atoms with E-state index in [0.717, 1.165) is 5.69 Å². The smallest absolute Gasteiger partial charge is 0.232 e. The second-order valence-corrected chi connectivity index (χ2v) is 5.62. The molecule has 3 N–H and O–H groups in total. The fourth-order valence-electron chi connectivity index (χ4n) is 1.87. The van der Waals surface area contributed by atoms with Crippen molar-refractivity contribution in [2.45, 2.75) is 12.3 Å². The van der Waals surface area contributed by atoms with Crippen LogP contribution in [0.1, 0.15) is 18.2 Å². The van der Waals surface area contributed by atoms with Crippen molar-refractivity contribution < 1.29 is 4.79 Å². The maximum Gasteiger partial charge on any atom is 0.232 e. The Hall–Kier alpha value is -2.66. The van der Waals surface area contributed by atoms with E-state index in [-0.39, 0.29) is 29.9 Å². The molecule has 23 heavy (non-hydrogen) atoms. The highest BCUT2D eigenvalue weighted by atomic mass is 32.2. The summed E-state index contributed by atoms with van der Waals surface area (Å²) in [5.74, 6) is -0.374. The van der Waals surface area contributed by atoms with Crippen molar-refractivity contribution in [2.75, 3.05) is 23.1 Å². The highest BCUT2D eigenvalue weighted by molar-refractivity contribution is 7.98. The highest BCUT2D eigenvalue weighted by Crippen LogP contribution is 2.19. The van der Waals surface area contributed by atoms with Gasteiger partial charge >= 0.3 is 0 Å². The second-order valence-electron chi connectivity index (χ2n) is 4.64. The number of carbonyl (C=O) groups excluding carboxylic acids is 1. The van der Waals surface area contributed by atoms with Crippen LogP contribution < -0.4 is 11.1 Å². The molecular weight excluding hydrogens is 312 g/mol. The first-order valence-electron chi connectivity index (χ1n) is 6.89. The van der Waals surface area contributed by atoms with Gasteiger partial charge in [-0.3, -0.25) is 4.79 Å². The van der Waals surface area contributed by atoms with Crippen LogP contribution >= 0.6 is 11.8 Å². The molecule has 0 spiro atoms. The molecule has 0 aliphatic rings. The predicted octanol–water partition coefficient (Wildman–Crippen LogP) is 2.13. The van der Waals surface area contributed by atoms with Crippen molar-refractivity contribution in [2.24, 2.45) is 0 Å². The van der Waals surface area contributed by atoms with Crippen molar-refractivity contribution in [3.63, 3.8) is 0 Å². The lowest BCUT2D eigenvalue weighted by Gasteiger charge is -2.10. The summed E-state index contributed by atoms with van der Waals surface area (Å²) in [6.07, 6.45) is 2.18. The maximum absolute atomic E-state index is 12.1. The monoisotopic (exact) mass is 328 g/mol. The van der Waals surface area contributed by atoms with Crippen LogP contribution in [-0.2, 0) is 4.79 Å². The molecule has 0 bridgehead atoms. The average molecular weight is 328 g/mol. The number of Topliss-reactive ketones (excluding diaryl/α,β-unsaturated/α-hetero) is 1. The zero-order chi connectivity index (χ0) is 16.7. The van der Waals surface area contributed by atoms with E-state index in [0.29, 0.717) is 5.75 Å². The number of rotatable bonds is 7. The van der Waals surface area contributed by atoms with E-state index in [2.05, 4.69) is 20.3 Å². The summed E-state index contributed by atoms with van der Waals surface area (Å²) in [6, 6.07) is 11.2. The van der Waals surface area contributed by atoms with E-state index in [1.165, 1.54) is 0 Å². The Morgan fingerprint density at radius 3 is 2.74 bits per heavy atom. The summed E-state index contributed by atoms with van der Waals surface area (Å²) in [7, 11) is 0. The van der Waals surface area contributed by atoms with Crippen molar-refractivity contribution >= 4 is 35.1 Å². The van der Waals surface area contributed by atoms with E-state index in [1.807, 2.05) is 42.7 Å². The Morgan fingerprint density at radius 1 is 1.35 bits per heavy atom. The minimum atomic E-state index is -1.04. The molecule has 0 unspecified atom stereocenters. The Morgan fingerprint density at radius 2 is 2.09 bits per heavy atom. The number of nitrogens with two attached hydrogens (primary N) is 1. The van der Waals surface area contributed by atoms with Crippen molar-refractivity contribution in [3.05, 3.63) is 36.2 Å². The number of nitrogens with zero attached hydrogens (tertiary/aromatic N) is 4. The highest BCUT2D eigenvalue weighted by Gasteiger charge is 2.24. The van der Waals surface area contributed by atoms with Gasteiger partial charge in [0.1, 0.15) is 0 Å². The van der Waals surface area contributed by atoms with Gasteiger partial charge in [-0.1, -0.05) is 18.2 Å². The van der Waals surface area contributed by atoms with Gasteiger partial charge in [-0.2, -0.15) is 32.0 Å². The van der Waals surface area contributed by atoms with Gasteiger partial charge < -0.3 is 11.1 Å². The van der Waals surface area contributed by atoms with Gasteiger partial charge in [-0.25, -0.2) is 0 Å². The number of aromatic nitrogens is 3. The number of nitrogen functional groups attached to an aromatic ring is 1. The van der Waals surface area contributed by atoms with E-state index >= 15 is 0 Å². The molecule has 1 heterocycles. The average Bonchev–Trinajstić information content (AvgIpc) is 2.54. The molecule has 0 fully saturated rings. The Labute approximate surface area is 138 Å². The first kappa shape index (κ1) is 16.7. The van der Waals surface area contributed by atoms with Gasteiger partial charge in [-0.15, -0.1) is 0 Å². The molecule has 0 aliphatic heterocycles. The van der Waals surface area contributed by atoms with Crippen LogP contribution in [0.15, 0.2) is 30.3 Å². The zero-order valence-electron chi connectivity index (χ0n) is 12.6. The molecule has 7 nitrogen and oxygen atoms in total. The van der Waals surface area contributed by atoms with E-state index in [9.17, 15) is 10.1 Å². The van der Waals surface area contributed by atoms with Gasteiger partial charge in [0.15, 0.2) is 17.5 Å². The van der Waals surface area contributed by atoms with Gasteiger partial charge in [-0.05, 0) is 24.1 Å². The van der Waals surface area contributed by atoms with Gasteiger partial charge in [0.05, 0.1) is 6.07 Å². The largest absolute Gasteiger partial charge is 0.368 e. The number of nitriles is 1. The molecule has 2 rings (SSSR count). The normalized spacial score (nSPS) is 11.5. The van der Waals surface area contributed by atoms with E-state index in [4.69, 9.17) is 5.73 Å². The lowest BCUT2D eigenvalue weighted by atomic mass is 10.0. The number of nitrogens with one attached hydrogen (secondary N) is 1. The van der Waals surface area contributed by atoms with Crippen molar-refractivity contribution in [1.82, 2.24) is 15.0 Å². The van der Waals surface area contributed by atoms with Crippen LogP contribution in [0.4, 0.5) is 17.6 Å². The summed E-state index contributed by atoms with van der Waals surface area (Å²) >= 11 is 1.54. The third-order valence-electron chi connectivity index (χ3n) is 2.96. The molecule has 1 atom stereocenters. The molecule has 1 aromatic carbocycles. The Kier molecular flexibility index (Phi) is 5.88. The van der Waals surface area contributed by atoms with Gasteiger partial charge in [0.2, 0.25) is 11.9 Å². The lowest BCUT2D eigenvalue weighted by Crippen LogP contribution is -2.17. The zero-order valence-corrected chi connectivity index (χ0v) is 13.4. The molecule has 0 saturated carbocycles. The number of benzene rings is 1. The standard InChI is InChI=1S/C15H16N6OS/c1-23-8-7-12(22)11(9-16)13-19-14(17)21-15(20-13)18-10-5-3-2-4-6-10/h2-6,11H,7-8H2,1H3,(H3,17,18,19,20,21)/t11-/m1/s1. The number of thioether (sulfide) groups is 1. The summed E-state index contributed by atoms with van der Waals surface area (Å²) < 4.78 is 0. The Bertz CT molecular complexity index is 716. The number of hydrogen-bond acceptors (Lipinski definition) is 8. The molecule has 0 radical (unpaired) electrons. The number of para-hydroxylation sites is 1. The van der Waals surface area contributed by atoms with Gasteiger partial charge in [0, 0.05) is 12.1 Å². The number of anilines is 3. The molecule has 0 aliphatic carbocycles. The molecule has 0 saturated heterocycles. The minimum absolute atomic E-state index is 0.0358. The minimum Gasteiger partial charge on any atom is -0.368 e. The fourth-order valence-corrected chi connectivity index (χ4v) is 2.27. The predicted molar refractivity (Wildman–Crippen MR) is 90.3 cm³/mol. The molecule has 0 amide bonds. The number of ketones is 1. The number of carbonyl (C=O) groups is 1. The summed E-state index contributed by atoms with van der Waals surface area (Å²) in [5, 5.41) is 12.3. The summed E-state index contributed by atoms with van der Waals surface area (Å²) in [5.41, 5.74) is 6.45. The molecule has 1 aromatic heterocycles. The van der Waals surface area contributed by atoms with Crippen LogP contribution in [0.5, 0.6) is 0 Å². The summed E-state index contributed by atoms with van der Waals surface area (Å²) in [4.78, 5) is 24.2. The SMILES string of the molecule is CSCCC(=O)[C@@H](C#N)c1nc(N)nc(Nc2ccccc2)n1. The van der Waals surface area contributed by atoms with Crippen LogP contribution in [0, 0.1) is 11.3 Å². The second kappa shape index (κ2) is 8.10. The van der Waals surface area contributed by atoms with Crippen molar-refractivity contribution in [1.29, 1.82) is 5.26 Å². The third-order valence-corrected chi connectivity index (χ3v) is 3.57. The molecular formula is C15H16N6OS. The third kappa shape index (κ3) is 4.66.